The van der Waals surface area contributed by atoms with Gasteiger partial charge in [0.25, 0.3) is 6.47 Å². The van der Waals surface area contributed by atoms with Crippen molar-refractivity contribution in [2.24, 2.45) is 0 Å². The summed E-state index contributed by atoms with van der Waals surface area (Å²) in [7, 11) is 2.12. The topological polar surface area (TPSA) is 130 Å². The van der Waals surface area contributed by atoms with E-state index in [1.807, 2.05) is 22.9 Å². The molecule has 7 rings (SSSR count). The van der Waals surface area contributed by atoms with E-state index in [1.54, 1.807) is 12.4 Å². The lowest BCUT2D eigenvalue weighted by atomic mass is 9.96. The predicted molar refractivity (Wildman–Crippen MR) is 140 cm³/mol. The van der Waals surface area contributed by atoms with Crippen molar-refractivity contribution in [3.05, 3.63) is 53.9 Å². The number of carbonyl (C=O) groups is 1. The van der Waals surface area contributed by atoms with Crippen LogP contribution >= 0.6 is 0 Å². The first-order valence-electron chi connectivity index (χ1n) is 12.6. The number of carboxylic acid groups (broad SMARTS) is 1. The van der Waals surface area contributed by atoms with Gasteiger partial charge in [0.05, 0.1) is 19.1 Å². The molecule has 13 heteroatoms. The molecule has 0 bridgehead atoms. The van der Waals surface area contributed by atoms with Gasteiger partial charge in [-0.2, -0.15) is 0 Å². The number of hydrogen-bond acceptors (Lipinski definition) is 10. The standard InChI is InChI=1S/C25H25FN8O2.CH2O2/c1-32-4-6-33(7-5-32)25-28-9-15(10-29-25)17-8-21-24(34-14-30-31-23(17)34)27-11-18-19(26)2-3-20-22(18)16(12-35-20)13-36-21;2-1-3/h2-3,8-10,14,16,27H,4-7,11-13H2,1H3;1H,(H,2,3)/t16-;/m1./s1. The van der Waals surface area contributed by atoms with Gasteiger partial charge in [0.15, 0.2) is 17.2 Å². The fraction of sp³-hybridized carbons (Fsp3) is 0.346. The minimum absolute atomic E-state index is 0.0512. The SMILES string of the molecule is CN1CCN(c2ncc(-c3cc4c(n5cnnc35)NCc3c(F)ccc5c3[C@H](CO5)CO4)cn2)CC1.O=CO. The second-order valence-corrected chi connectivity index (χ2v) is 9.57. The van der Waals surface area contributed by atoms with Crippen molar-refractivity contribution in [1.82, 2.24) is 29.5 Å². The molecule has 39 heavy (non-hydrogen) atoms. The van der Waals surface area contributed by atoms with Gasteiger partial charge in [-0.1, -0.05) is 0 Å². The Labute approximate surface area is 223 Å². The molecular formula is C26H27FN8O4. The summed E-state index contributed by atoms with van der Waals surface area (Å²) in [5.74, 6) is 2.44. The molecule has 1 aromatic carbocycles. The number of aromatic nitrogens is 5. The number of hydrogen-bond donors (Lipinski definition) is 2. The summed E-state index contributed by atoms with van der Waals surface area (Å²) >= 11 is 0. The first kappa shape index (κ1) is 24.8. The van der Waals surface area contributed by atoms with Gasteiger partial charge in [0.1, 0.15) is 17.9 Å². The minimum atomic E-state index is -0.255. The quantitative estimate of drug-likeness (QED) is 0.367. The number of nitrogens with zero attached hydrogens (tertiary/aromatic N) is 7. The van der Waals surface area contributed by atoms with Crippen LogP contribution in [0.5, 0.6) is 11.5 Å². The number of fused-ring (bicyclic) bond motifs is 3. The summed E-state index contributed by atoms with van der Waals surface area (Å²) in [6.45, 7) is 4.65. The normalized spacial score (nSPS) is 18.2. The van der Waals surface area contributed by atoms with Crippen LogP contribution in [0, 0.1) is 5.82 Å². The number of anilines is 2. The maximum Gasteiger partial charge on any atom is 0.290 e. The third-order valence-electron chi connectivity index (χ3n) is 7.25. The van der Waals surface area contributed by atoms with Crippen LogP contribution in [0.15, 0.2) is 36.9 Å². The van der Waals surface area contributed by atoms with Crippen LogP contribution in [0.4, 0.5) is 16.2 Å². The first-order chi connectivity index (χ1) is 19.1. The lowest BCUT2D eigenvalue weighted by Gasteiger charge is -2.32. The van der Waals surface area contributed by atoms with E-state index >= 15 is 0 Å². The summed E-state index contributed by atoms with van der Waals surface area (Å²) in [5, 5.41) is 18.7. The van der Waals surface area contributed by atoms with E-state index in [-0.39, 0.29) is 18.2 Å². The fourth-order valence-corrected chi connectivity index (χ4v) is 5.23. The van der Waals surface area contributed by atoms with Crippen molar-refractivity contribution in [2.45, 2.75) is 12.5 Å². The predicted octanol–water partition coefficient (Wildman–Crippen LogP) is 2.26. The van der Waals surface area contributed by atoms with Gasteiger partial charge >= 0.3 is 0 Å². The zero-order chi connectivity index (χ0) is 26.9. The molecule has 4 aromatic rings. The van der Waals surface area contributed by atoms with Crippen LogP contribution in [0.1, 0.15) is 17.0 Å². The average molecular weight is 535 g/mol. The van der Waals surface area contributed by atoms with Crippen molar-refractivity contribution in [3.8, 4) is 22.6 Å². The van der Waals surface area contributed by atoms with Gasteiger partial charge in [-0.15, -0.1) is 10.2 Å². The number of rotatable bonds is 2. The first-order valence-corrected chi connectivity index (χ1v) is 12.6. The Balaban J connectivity index is 0.000000883. The molecule has 0 unspecified atom stereocenters. The number of ether oxygens (including phenoxy) is 2. The van der Waals surface area contributed by atoms with Gasteiger partial charge < -0.3 is 29.7 Å². The number of piperazine rings is 1. The fourth-order valence-electron chi connectivity index (χ4n) is 5.23. The second kappa shape index (κ2) is 10.3. The molecule has 3 aliphatic heterocycles. The summed E-state index contributed by atoms with van der Waals surface area (Å²) in [4.78, 5) is 22.2. The lowest BCUT2D eigenvalue weighted by molar-refractivity contribution is -0.122. The second-order valence-electron chi connectivity index (χ2n) is 9.57. The van der Waals surface area contributed by atoms with Crippen molar-refractivity contribution < 1.29 is 23.8 Å². The highest BCUT2D eigenvalue weighted by molar-refractivity contribution is 5.81. The van der Waals surface area contributed by atoms with Crippen LogP contribution in [0.2, 0.25) is 0 Å². The van der Waals surface area contributed by atoms with Gasteiger partial charge in [0.2, 0.25) is 5.95 Å². The Hall–Kier alpha value is -4.52. The third kappa shape index (κ3) is 4.54. The Morgan fingerprint density at radius 2 is 1.82 bits per heavy atom. The molecule has 1 atom stereocenters. The highest BCUT2D eigenvalue weighted by atomic mass is 19.1. The number of nitrogens with one attached hydrogen (secondary N) is 1. The maximum absolute atomic E-state index is 14.8. The maximum atomic E-state index is 14.8. The van der Waals surface area contributed by atoms with Crippen molar-refractivity contribution >= 4 is 23.9 Å². The molecule has 1 saturated heterocycles. The van der Waals surface area contributed by atoms with E-state index < -0.39 is 0 Å². The number of benzene rings is 1. The third-order valence-corrected chi connectivity index (χ3v) is 7.25. The molecule has 0 spiro atoms. The van der Waals surface area contributed by atoms with Crippen LogP contribution in [-0.4, -0.2) is 87.5 Å². The average Bonchev–Trinajstić information content (AvgIpc) is 3.61. The number of pyridine rings is 1. The van der Waals surface area contributed by atoms with Crippen LogP contribution in [-0.2, 0) is 11.3 Å². The zero-order valence-corrected chi connectivity index (χ0v) is 21.2. The van der Waals surface area contributed by atoms with E-state index in [0.29, 0.717) is 42.5 Å². The summed E-state index contributed by atoms with van der Waals surface area (Å²) in [6, 6.07) is 5.09. The van der Waals surface area contributed by atoms with E-state index in [9.17, 15) is 4.39 Å². The molecule has 0 saturated carbocycles. The summed E-state index contributed by atoms with van der Waals surface area (Å²) in [5.41, 5.74) is 3.75. The van der Waals surface area contributed by atoms with Gasteiger partial charge in [-0.05, 0) is 25.2 Å². The molecule has 3 aliphatic rings. The van der Waals surface area contributed by atoms with E-state index in [2.05, 4.69) is 42.3 Å². The Morgan fingerprint density at radius 1 is 1.10 bits per heavy atom. The molecule has 3 aromatic heterocycles. The molecular weight excluding hydrogens is 507 g/mol. The van der Waals surface area contributed by atoms with Gasteiger partial charge in [-0.25, -0.2) is 14.4 Å². The smallest absolute Gasteiger partial charge is 0.290 e. The Bertz CT molecular complexity index is 1500. The molecule has 2 N–H and O–H groups in total. The Morgan fingerprint density at radius 3 is 2.56 bits per heavy atom. The molecule has 12 nitrogen and oxygen atoms in total. The summed E-state index contributed by atoms with van der Waals surface area (Å²) < 4.78 is 28.8. The molecule has 0 amide bonds. The Kier molecular flexibility index (Phi) is 6.57. The minimum Gasteiger partial charge on any atom is -0.493 e. The molecule has 0 radical (unpaired) electrons. The zero-order valence-electron chi connectivity index (χ0n) is 21.2. The van der Waals surface area contributed by atoms with Crippen LogP contribution in [0.25, 0.3) is 16.8 Å². The van der Waals surface area contributed by atoms with Gasteiger partial charge in [-0.3, -0.25) is 9.20 Å². The van der Waals surface area contributed by atoms with Crippen LogP contribution in [0.3, 0.4) is 0 Å². The van der Waals surface area contributed by atoms with Crippen molar-refractivity contribution in [1.29, 1.82) is 0 Å². The molecule has 202 valence electrons. The monoisotopic (exact) mass is 534 g/mol. The molecule has 1 fully saturated rings. The van der Waals surface area contributed by atoms with E-state index in [4.69, 9.17) is 19.4 Å². The largest absolute Gasteiger partial charge is 0.493 e. The van der Waals surface area contributed by atoms with Crippen molar-refractivity contribution in [2.75, 3.05) is 56.7 Å². The van der Waals surface area contributed by atoms with Gasteiger partial charge in [0, 0.05) is 67.4 Å². The van der Waals surface area contributed by atoms with Crippen molar-refractivity contribution in [3.63, 3.8) is 0 Å². The molecule has 0 aliphatic carbocycles. The highest BCUT2D eigenvalue weighted by Crippen LogP contribution is 2.41. The molecule has 6 heterocycles. The summed E-state index contributed by atoms with van der Waals surface area (Å²) in [6.07, 6.45) is 5.27. The van der Waals surface area contributed by atoms with E-state index in [0.717, 1.165) is 54.6 Å². The van der Waals surface area contributed by atoms with Crippen LogP contribution < -0.4 is 19.7 Å². The number of halogens is 1. The highest BCUT2D eigenvalue weighted by Gasteiger charge is 2.31. The lowest BCUT2D eigenvalue weighted by Crippen LogP contribution is -2.45. The number of likely N-dealkylation sites (N-methyl/N-ethyl adjacent to an activating group) is 1. The van der Waals surface area contributed by atoms with E-state index in [1.165, 1.54) is 6.07 Å².